The van der Waals surface area contributed by atoms with Crippen LogP contribution in [-0.2, 0) is 9.59 Å². The predicted molar refractivity (Wildman–Crippen MR) is 109 cm³/mol. The van der Waals surface area contributed by atoms with E-state index in [2.05, 4.69) is 14.9 Å². The molecule has 5 rings (SSSR count). The molecule has 0 N–H and O–H groups in total. The number of rotatable bonds is 3. The fraction of sp³-hybridized carbons (Fsp3) is 0.429. The topological polar surface area (TPSA) is 88.1 Å². The Bertz CT molecular complexity index is 946. The van der Waals surface area contributed by atoms with Gasteiger partial charge in [-0.15, -0.1) is 0 Å². The molecule has 30 heavy (non-hydrogen) atoms. The van der Waals surface area contributed by atoms with Crippen molar-refractivity contribution in [1.29, 1.82) is 0 Å². The molecule has 0 aliphatic carbocycles. The van der Waals surface area contributed by atoms with Crippen molar-refractivity contribution >= 4 is 23.5 Å². The van der Waals surface area contributed by atoms with E-state index in [1.54, 1.807) is 23.4 Å². The van der Waals surface area contributed by atoms with Crippen LogP contribution in [0.1, 0.15) is 6.42 Å². The maximum absolute atomic E-state index is 13.1. The zero-order valence-corrected chi connectivity index (χ0v) is 16.6. The van der Waals surface area contributed by atoms with Crippen molar-refractivity contribution < 1.29 is 19.1 Å². The van der Waals surface area contributed by atoms with Crippen molar-refractivity contribution in [2.75, 3.05) is 55.7 Å². The number of ether oxygens (including phenoxy) is 2. The molecule has 3 aliphatic rings. The van der Waals surface area contributed by atoms with Gasteiger partial charge in [-0.25, -0.2) is 9.97 Å². The van der Waals surface area contributed by atoms with Gasteiger partial charge >= 0.3 is 0 Å². The predicted octanol–water partition coefficient (Wildman–Crippen LogP) is 0.949. The number of piperazine rings is 1. The number of carbonyl (C=O) groups is 2. The van der Waals surface area contributed by atoms with E-state index < -0.39 is 0 Å². The van der Waals surface area contributed by atoms with E-state index in [1.165, 1.54) is 0 Å². The van der Waals surface area contributed by atoms with Gasteiger partial charge in [0.1, 0.15) is 13.2 Å². The average Bonchev–Trinajstić information content (AvgIpc) is 3.20. The zero-order valence-electron chi connectivity index (χ0n) is 16.6. The van der Waals surface area contributed by atoms with E-state index in [1.807, 2.05) is 23.1 Å². The Hall–Kier alpha value is -3.36. The number of anilines is 2. The van der Waals surface area contributed by atoms with Crippen molar-refractivity contribution in [2.45, 2.75) is 6.42 Å². The Morgan fingerprint density at radius 3 is 2.50 bits per heavy atom. The largest absolute Gasteiger partial charge is 0.486 e. The van der Waals surface area contributed by atoms with Gasteiger partial charge in [0.2, 0.25) is 17.8 Å². The third kappa shape index (κ3) is 3.51. The number of benzene rings is 1. The Balaban J connectivity index is 1.22. The van der Waals surface area contributed by atoms with E-state index >= 15 is 0 Å². The zero-order chi connectivity index (χ0) is 20.5. The lowest BCUT2D eigenvalue weighted by Gasteiger charge is -2.35. The first-order valence-corrected chi connectivity index (χ1v) is 10.2. The molecule has 2 saturated heterocycles. The molecular weight excluding hydrogens is 386 g/mol. The fourth-order valence-electron chi connectivity index (χ4n) is 4.16. The van der Waals surface area contributed by atoms with E-state index in [0.29, 0.717) is 63.4 Å². The average molecular weight is 409 g/mol. The molecule has 0 spiro atoms. The summed E-state index contributed by atoms with van der Waals surface area (Å²) < 4.78 is 11.2. The molecule has 9 nitrogen and oxygen atoms in total. The van der Waals surface area contributed by atoms with Crippen molar-refractivity contribution in [3.05, 3.63) is 36.7 Å². The first-order chi connectivity index (χ1) is 14.7. The molecule has 1 atom stereocenters. The Morgan fingerprint density at radius 1 is 1.00 bits per heavy atom. The van der Waals surface area contributed by atoms with Crippen LogP contribution in [0.25, 0.3) is 0 Å². The number of fused-ring (bicyclic) bond motifs is 1. The minimum atomic E-state index is -0.328. The van der Waals surface area contributed by atoms with Crippen LogP contribution in [0, 0.1) is 5.92 Å². The number of hydrogen-bond donors (Lipinski definition) is 0. The highest BCUT2D eigenvalue weighted by Crippen LogP contribution is 2.36. The highest BCUT2D eigenvalue weighted by Gasteiger charge is 2.38. The minimum Gasteiger partial charge on any atom is -0.486 e. The van der Waals surface area contributed by atoms with Gasteiger partial charge in [-0.1, -0.05) is 0 Å². The summed E-state index contributed by atoms with van der Waals surface area (Å²) >= 11 is 0. The first kappa shape index (κ1) is 18.7. The second-order valence-electron chi connectivity index (χ2n) is 7.59. The lowest BCUT2D eigenvalue weighted by molar-refractivity contribution is -0.136. The van der Waals surface area contributed by atoms with E-state index in [9.17, 15) is 9.59 Å². The van der Waals surface area contributed by atoms with Crippen LogP contribution in [0.15, 0.2) is 36.7 Å². The maximum Gasteiger partial charge on any atom is 0.228 e. The quantitative estimate of drug-likeness (QED) is 0.746. The highest BCUT2D eigenvalue weighted by molar-refractivity contribution is 6.00. The van der Waals surface area contributed by atoms with Crippen molar-refractivity contribution in [3.63, 3.8) is 0 Å². The summed E-state index contributed by atoms with van der Waals surface area (Å²) in [6, 6.07) is 7.26. The molecule has 1 aromatic heterocycles. The fourth-order valence-corrected chi connectivity index (χ4v) is 4.16. The molecule has 0 bridgehead atoms. The molecule has 2 amide bonds. The molecule has 0 saturated carbocycles. The summed E-state index contributed by atoms with van der Waals surface area (Å²) in [5.41, 5.74) is 0.741. The highest BCUT2D eigenvalue weighted by atomic mass is 16.6. The molecule has 2 fully saturated rings. The Labute approximate surface area is 174 Å². The summed E-state index contributed by atoms with van der Waals surface area (Å²) in [6.45, 7) is 3.97. The van der Waals surface area contributed by atoms with Gasteiger partial charge in [0.15, 0.2) is 11.5 Å². The van der Waals surface area contributed by atoms with Gasteiger partial charge in [0, 0.05) is 63.3 Å². The van der Waals surface area contributed by atoms with Crippen LogP contribution in [0.3, 0.4) is 0 Å². The smallest absolute Gasteiger partial charge is 0.228 e. The second-order valence-corrected chi connectivity index (χ2v) is 7.59. The monoisotopic (exact) mass is 409 g/mol. The lowest BCUT2D eigenvalue weighted by Crippen LogP contribution is -2.51. The lowest BCUT2D eigenvalue weighted by atomic mass is 10.1. The van der Waals surface area contributed by atoms with E-state index in [4.69, 9.17) is 9.47 Å². The Morgan fingerprint density at radius 2 is 1.73 bits per heavy atom. The molecular formula is C21H23N5O4. The van der Waals surface area contributed by atoms with Crippen LogP contribution in [0.4, 0.5) is 11.6 Å². The summed E-state index contributed by atoms with van der Waals surface area (Å²) in [5, 5.41) is 0. The molecule has 9 heteroatoms. The van der Waals surface area contributed by atoms with Crippen molar-refractivity contribution in [2.24, 2.45) is 5.92 Å². The van der Waals surface area contributed by atoms with Gasteiger partial charge in [-0.2, -0.15) is 0 Å². The standard InChI is InChI=1S/C21H23N5O4/c27-19-12-15(14-26(19)16-2-3-17-18(13-16)30-11-10-29-17)20(28)24-6-8-25(9-7-24)21-22-4-1-5-23-21/h1-5,13,15H,6-12,14H2/t15-/m1/s1. The summed E-state index contributed by atoms with van der Waals surface area (Å²) in [7, 11) is 0. The number of nitrogens with zero attached hydrogens (tertiary/aromatic N) is 5. The van der Waals surface area contributed by atoms with Crippen molar-refractivity contribution in [1.82, 2.24) is 14.9 Å². The second kappa shape index (κ2) is 7.81. The molecule has 2 aromatic rings. The minimum absolute atomic E-state index is 0.0389. The Kier molecular flexibility index (Phi) is 4.86. The number of carbonyl (C=O) groups excluding carboxylic acids is 2. The van der Waals surface area contributed by atoms with Gasteiger partial charge in [-0.3, -0.25) is 9.59 Å². The van der Waals surface area contributed by atoms with Crippen LogP contribution in [0.2, 0.25) is 0 Å². The molecule has 156 valence electrons. The van der Waals surface area contributed by atoms with Crippen LogP contribution in [-0.4, -0.2) is 72.6 Å². The van der Waals surface area contributed by atoms with Gasteiger partial charge < -0.3 is 24.2 Å². The van der Waals surface area contributed by atoms with Crippen LogP contribution >= 0.6 is 0 Å². The number of hydrogen-bond acceptors (Lipinski definition) is 7. The first-order valence-electron chi connectivity index (χ1n) is 10.2. The molecule has 0 radical (unpaired) electrons. The molecule has 4 heterocycles. The van der Waals surface area contributed by atoms with E-state index in [-0.39, 0.29) is 24.2 Å². The normalized spacial score (nSPS) is 21.1. The van der Waals surface area contributed by atoms with Crippen LogP contribution < -0.4 is 19.3 Å². The van der Waals surface area contributed by atoms with Crippen molar-refractivity contribution in [3.8, 4) is 11.5 Å². The van der Waals surface area contributed by atoms with E-state index in [0.717, 1.165) is 5.69 Å². The molecule has 0 unspecified atom stereocenters. The summed E-state index contributed by atoms with van der Waals surface area (Å²) in [6.07, 6.45) is 3.67. The molecule has 3 aliphatic heterocycles. The summed E-state index contributed by atoms with van der Waals surface area (Å²) in [5.74, 6) is 1.68. The van der Waals surface area contributed by atoms with Gasteiger partial charge in [0.25, 0.3) is 0 Å². The third-order valence-electron chi connectivity index (χ3n) is 5.74. The maximum atomic E-state index is 13.1. The molecule has 1 aromatic carbocycles. The van der Waals surface area contributed by atoms with Crippen LogP contribution in [0.5, 0.6) is 11.5 Å². The number of aromatic nitrogens is 2. The third-order valence-corrected chi connectivity index (χ3v) is 5.74. The van der Waals surface area contributed by atoms with Gasteiger partial charge in [0.05, 0.1) is 5.92 Å². The summed E-state index contributed by atoms with van der Waals surface area (Å²) in [4.78, 5) is 39.8. The number of amides is 2. The van der Waals surface area contributed by atoms with Gasteiger partial charge in [-0.05, 0) is 18.2 Å². The SMILES string of the molecule is O=C([C@@H]1CC(=O)N(c2ccc3c(c2)OCCO3)C1)N1CCN(c2ncccn2)CC1.